The predicted octanol–water partition coefficient (Wildman–Crippen LogP) is 2.91. The minimum atomic E-state index is -2.88. The van der Waals surface area contributed by atoms with E-state index in [9.17, 15) is 8.42 Å². The number of rotatable bonds is 8. The number of furan rings is 1. The van der Waals surface area contributed by atoms with Crippen molar-refractivity contribution in [3.8, 4) is 0 Å². The van der Waals surface area contributed by atoms with Gasteiger partial charge in [-0.1, -0.05) is 6.92 Å². The molecule has 6 heteroatoms. The Kier molecular flexibility index (Phi) is 6.38. The van der Waals surface area contributed by atoms with Crippen molar-refractivity contribution in [2.45, 2.75) is 32.2 Å². The lowest BCUT2D eigenvalue weighted by atomic mass is 10.1. The molecule has 1 atom stereocenters. The van der Waals surface area contributed by atoms with Crippen molar-refractivity contribution in [3.05, 3.63) is 22.6 Å². The van der Waals surface area contributed by atoms with Crippen LogP contribution in [0.1, 0.15) is 38.0 Å². The van der Waals surface area contributed by atoms with E-state index in [1.165, 1.54) is 6.26 Å². The number of hydrogen-bond donors (Lipinski definition) is 1. The highest BCUT2D eigenvalue weighted by atomic mass is 79.9. The fourth-order valence-electron chi connectivity index (χ4n) is 1.73. The summed E-state index contributed by atoms with van der Waals surface area (Å²) in [6, 6.07) is 3.85. The highest BCUT2D eigenvalue weighted by molar-refractivity contribution is 9.10. The van der Waals surface area contributed by atoms with E-state index in [4.69, 9.17) is 4.42 Å². The molecule has 1 aromatic rings. The Morgan fingerprint density at radius 3 is 2.67 bits per heavy atom. The molecule has 0 bridgehead atoms. The van der Waals surface area contributed by atoms with Gasteiger partial charge < -0.3 is 9.73 Å². The number of halogens is 1. The Bertz CT molecular complexity index is 456. The molecule has 1 rings (SSSR count). The largest absolute Gasteiger partial charge is 0.453 e. The average Bonchev–Trinajstić information content (AvgIpc) is 2.68. The van der Waals surface area contributed by atoms with Crippen LogP contribution in [0.3, 0.4) is 0 Å². The highest BCUT2D eigenvalue weighted by Crippen LogP contribution is 2.24. The standard InChI is InChI=1S/C12H20BrNO3S/c1-3-8-14-10(5-4-9-18(2,15)16)11-6-7-12(13)17-11/h6-7,10,14H,3-5,8-9H2,1-2H3. The first-order valence-electron chi connectivity index (χ1n) is 6.08. The lowest BCUT2D eigenvalue weighted by molar-refractivity contribution is 0.384. The molecule has 0 saturated carbocycles. The molecule has 0 amide bonds. The second kappa shape index (κ2) is 7.31. The Labute approximate surface area is 117 Å². The summed E-state index contributed by atoms with van der Waals surface area (Å²) >= 11 is 3.28. The van der Waals surface area contributed by atoms with Gasteiger partial charge in [-0.15, -0.1) is 0 Å². The van der Waals surface area contributed by atoms with Gasteiger partial charge in [-0.05, 0) is 53.9 Å². The van der Waals surface area contributed by atoms with Crippen molar-refractivity contribution in [1.29, 1.82) is 0 Å². The molecule has 4 nitrogen and oxygen atoms in total. The first kappa shape index (κ1) is 15.7. The van der Waals surface area contributed by atoms with Gasteiger partial charge in [0.25, 0.3) is 0 Å². The van der Waals surface area contributed by atoms with E-state index in [-0.39, 0.29) is 11.8 Å². The van der Waals surface area contributed by atoms with Crippen LogP contribution < -0.4 is 5.32 Å². The van der Waals surface area contributed by atoms with Crippen LogP contribution in [0.25, 0.3) is 0 Å². The molecular formula is C12H20BrNO3S. The van der Waals surface area contributed by atoms with Crippen LogP contribution in [-0.4, -0.2) is 27.0 Å². The van der Waals surface area contributed by atoms with Crippen LogP contribution >= 0.6 is 15.9 Å². The molecule has 0 aliphatic heterocycles. The van der Waals surface area contributed by atoms with Crippen LogP contribution in [0, 0.1) is 0 Å². The third kappa shape index (κ3) is 6.02. The van der Waals surface area contributed by atoms with Crippen LogP contribution in [0.4, 0.5) is 0 Å². The van der Waals surface area contributed by atoms with Gasteiger partial charge in [0.1, 0.15) is 15.6 Å². The molecule has 0 radical (unpaired) electrons. The summed E-state index contributed by atoms with van der Waals surface area (Å²) < 4.78 is 28.5. The Hall–Kier alpha value is -0.330. The van der Waals surface area contributed by atoms with Crippen molar-refractivity contribution >= 4 is 25.8 Å². The molecule has 18 heavy (non-hydrogen) atoms. The molecule has 0 saturated heterocycles. The number of nitrogens with one attached hydrogen (secondary N) is 1. The molecule has 104 valence electrons. The quantitative estimate of drug-likeness (QED) is 0.792. The van der Waals surface area contributed by atoms with Crippen LogP contribution in [0.5, 0.6) is 0 Å². The summed E-state index contributed by atoms with van der Waals surface area (Å²) in [6.07, 6.45) is 3.70. The van der Waals surface area contributed by atoms with E-state index in [1.807, 2.05) is 12.1 Å². The number of hydrogen-bond acceptors (Lipinski definition) is 4. The summed E-state index contributed by atoms with van der Waals surface area (Å²) in [6.45, 7) is 2.99. The van der Waals surface area contributed by atoms with Gasteiger partial charge in [0.2, 0.25) is 0 Å². The zero-order valence-electron chi connectivity index (χ0n) is 10.8. The second-order valence-corrected chi connectivity index (χ2v) is 7.46. The van der Waals surface area contributed by atoms with Gasteiger partial charge in [-0.2, -0.15) is 0 Å². The topological polar surface area (TPSA) is 59.3 Å². The summed E-state index contributed by atoms with van der Waals surface area (Å²) in [5.41, 5.74) is 0. The Morgan fingerprint density at radius 2 is 2.17 bits per heavy atom. The van der Waals surface area contributed by atoms with E-state index < -0.39 is 9.84 Å². The Morgan fingerprint density at radius 1 is 1.44 bits per heavy atom. The molecule has 1 heterocycles. The first-order chi connectivity index (χ1) is 8.42. The van der Waals surface area contributed by atoms with E-state index >= 15 is 0 Å². The molecule has 1 aromatic heterocycles. The van der Waals surface area contributed by atoms with Gasteiger partial charge in [0, 0.05) is 12.0 Å². The normalized spacial score (nSPS) is 13.7. The molecule has 1 unspecified atom stereocenters. The SMILES string of the molecule is CCCNC(CCCS(C)(=O)=O)c1ccc(Br)o1. The first-order valence-corrected chi connectivity index (χ1v) is 8.94. The van der Waals surface area contributed by atoms with Crippen molar-refractivity contribution in [1.82, 2.24) is 5.32 Å². The zero-order chi connectivity index (χ0) is 13.6. The highest BCUT2D eigenvalue weighted by Gasteiger charge is 2.15. The molecule has 0 aliphatic rings. The lowest BCUT2D eigenvalue weighted by Gasteiger charge is -2.15. The third-order valence-corrected chi connectivity index (χ3v) is 4.04. The number of sulfone groups is 1. The minimum absolute atomic E-state index is 0.0815. The maximum absolute atomic E-state index is 11.1. The van der Waals surface area contributed by atoms with Gasteiger partial charge in [-0.25, -0.2) is 8.42 Å². The molecule has 1 N–H and O–H groups in total. The summed E-state index contributed by atoms with van der Waals surface area (Å²) in [7, 11) is -2.88. The van der Waals surface area contributed by atoms with E-state index in [1.54, 1.807) is 0 Å². The average molecular weight is 338 g/mol. The summed E-state index contributed by atoms with van der Waals surface area (Å²) in [4.78, 5) is 0. The van der Waals surface area contributed by atoms with E-state index in [2.05, 4.69) is 28.2 Å². The van der Waals surface area contributed by atoms with Gasteiger partial charge in [-0.3, -0.25) is 0 Å². The molecular weight excluding hydrogens is 318 g/mol. The fraction of sp³-hybridized carbons (Fsp3) is 0.667. The van der Waals surface area contributed by atoms with E-state index in [0.717, 1.165) is 25.1 Å². The van der Waals surface area contributed by atoms with Crippen LogP contribution in [0.2, 0.25) is 0 Å². The summed E-state index contributed by atoms with van der Waals surface area (Å²) in [5, 5.41) is 3.38. The zero-order valence-corrected chi connectivity index (χ0v) is 13.2. The van der Waals surface area contributed by atoms with Gasteiger partial charge in [0.15, 0.2) is 4.67 Å². The van der Waals surface area contributed by atoms with Crippen LogP contribution in [0.15, 0.2) is 21.2 Å². The second-order valence-electron chi connectivity index (χ2n) is 4.42. The van der Waals surface area contributed by atoms with Crippen molar-refractivity contribution < 1.29 is 12.8 Å². The smallest absolute Gasteiger partial charge is 0.169 e. The monoisotopic (exact) mass is 337 g/mol. The van der Waals surface area contributed by atoms with Gasteiger partial charge in [0.05, 0.1) is 6.04 Å². The fourth-order valence-corrected chi connectivity index (χ4v) is 2.74. The molecule has 0 spiro atoms. The minimum Gasteiger partial charge on any atom is -0.453 e. The van der Waals surface area contributed by atoms with Crippen molar-refractivity contribution in [2.75, 3.05) is 18.6 Å². The third-order valence-electron chi connectivity index (χ3n) is 2.59. The van der Waals surface area contributed by atoms with Crippen molar-refractivity contribution in [3.63, 3.8) is 0 Å². The predicted molar refractivity (Wildman–Crippen MR) is 76.4 cm³/mol. The maximum Gasteiger partial charge on any atom is 0.169 e. The molecule has 0 aromatic carbocycles. The molecule has 0 aliphatic carbocycles. The van der Waals surface area contributed by atoms with Crippen molar-refractivity contribution in [2.24, 2.45) is 0 Å². The van der Waals surface area contributed by atoms with E-state index in [0.29, 0.717) is 11.1 Å². The summed E-state index contributed by atoms with van der Waals surface area (Å²) in [5.74, 6) is 1.07. The lowest BCUT2D eigenvalue weighted by Crippen LogP contribution is -2.22. The van der Waals surface area contributed by atoms with Crippen LogP contribution in [-0.2, 0) is 9.84 Å². The Balaban J connectivity index is 2.56. The molecule has 0 fully saturated rings. The van der Waals surface area contributed by atoms with Gasteiger partial charge >= 0.3 is 0 Å². The maximum atomic E-state index is 11.1.